The van der Waals surface area contributed by atoms with Crippen molar-refractivity contribution in [1.29, 1.82) is 0 Å². The first-order valence-corrected chi connectivity index (χ1v) is 11.4. The highest BCUT2D eigenvalue weighted by atomic mass is 32.2. The van der Waals surface area contributed by atoms with E-state index in [9.17, 15) is 18.3 Å². The third-order valence-electron chi connectivity index (χ3n) is 6.22. The number of rotatable bonds is 4. The minimum atomic E-state index is -3.35. The molecule has 156 valence electrons. The van der Waals surface area contributed by atoms with Crippen LogP contribution >= 0.6 is 0 Å². The fraction of sp³-hybridized carbons (Fsp3) is 0.500. The summed E-state index contributed by atoms with van der Waals surface area (Å²) in [5.74, 6) is 0.0794. The normalized spacial score (nSPS) is 25.2. The maximum Gasteiger partial charge on any atom is 0.276 e. The molecule has 1 N–H and O–H groups in total. The molecular formula is C20H25N3O5S. The molecule has 0 unspecified atom stereocenters. The van der Waals surface area contributed by atoms with E-state index in [-0.39, 0.29) is 24.1 Å². The number of hydrogen-bond acceptors (Lipinski definition) is 6. The van der Waals surface area contributed by atoms with Crippen molar-refractivity contribution in [3.8, 4) is 11.3 Å². The fourth-order valence-electron chi connectivity index (χ4n) is 4.47. The molecule has 29 heavy (non-hydrogen) atoms. The lowest BCUT2D eigenvalue weighted by atomic mass is 9.73. The maximum atomic E-state index is 13.2. The summed E-state index contributed by atoms with van der Waals surface area (Å²) in [5, 5.41) is 10.0. The molecule has 2 aliphatic heterocycles. The van der Waals surface area contributed by atoms with Crippen molar-refractivity contribution in [1.82, 2.24) is 14.2 Å². The van der Waals surface area contributed by atoms with Crippen molar-refractivity contribution in [2.24, 2.45) is 11.3 Å². The van der Waals surface area contributed by atoms with E-state index in [0.717, 1.165) is 11.1 Å². The number of amides is 1. The lowest BCUT2D eigenvalue weighted by Gasteiger charge is -2.42. The van der Waals surface area contributed by atoms with E-state index in [1.165, 1.54) is 17.0 Å². The second kappa shape index (κ2) is 7.23. The van der Waals surface area contributed by atoms with E-state index >= 15 is 0 Å². The number of benzene rings is 1. The van der Waals surface area contributed by atoms with Gasteiger partial charge in [0.1, 0.15) is 0 Å². The van der Waals surface area contributed by atoms with Gasteiger partial charge in [-0.1, -0.05) is 23.8 Å². The summed E-state index contributed by atoms with van der Waals surface area (Å²) in [5.41, 5.74) is 1.60. The van der Waals surface area contributed by atoms with Crippen LogP contribution in [-0.2, 0) is 10.0 Å². The van der Waals surface area contributed by atoms with Crippen molar-refractivity contribution in [2.45, 2.75) is 13.3 Å². The molecule has 0 aliphatic carbocycles. The van der Waals surface area contributed by atoms with Gasteiger partial charge in [-0.05, 0) is 25.3 Å². The third-order valence-corrected chi connectivity index (χ3v) is 7.44. The van der Waals surface area contributed by atoms with Crippen LogP contribution < -0.4 is 0 Å². The number of aromatic nitrogens is 1. The van der Waals surface area contributed by atoms with E-state index < -0.39 is 15.4 Å². The van der Waals surface area contributed by atoms with Crippen LogP contribution in [0.25, 0.3) is 11.3 Å². The van der Waals surface area contributed by atoms with Crippen LogP contribution in [0.1, 0.15) is 22.5 Å². The topological polar surface area (TPSA) is 104 Å². The first kappa shape index (κ1) is 20.1. The molecule has 8 nitrogen and oxygen atoms in total. The van der Waals surface area contributed by atoms with Gasteiger partial charge in [0.15, 0.2) is 17.8 Å². The van der Waals surface area contributed by atoms with Crippen LogP contribution in [0.2, 0.25) is 0 Å². The molecular weight excluding hydrogens is 394 g/mol. The number of hydrogen-bond donors (Lipinski definition) is 1. The quantitative estimate of drug-likeness (QED) is 0.803. The molecule has 1 aromatic heterocycles. The Morgan fingerprint density at radius 1 is 1.38 bits per heavy atom. The zero-order valence-corrected chi connectivity index (χ0v) is 17.4. The maximum absolute atomic E-state index is 13.2. The van der Waals surface area contributed by atoms with E-state index in [0.29, 0.717) is 38.4 Å². The molecule has 0 spiro atoms. The SMILES string of the molecule is Cc1cccc(-c2ocnc2C(=O)N2CC[C@@]3(CO)CN(S(C)(=O)=O)C[C@H]3C2)c1. The third kappa shape index (κ3) is 3.58. The number of fused-ring (bicyclic) bond motifs is 1. The van der Waals surface area contributed by atoms with E-state index in [4.69, 9.17) is 4.42 Å². The van der Waals surface area contributed by atoms with Gasteiger partial charge in [-0.3, -0.25) is 4.79 Å². The lowest BCUT2D eigenvalue weighted by Crippen LogP contribution is -2.50. The van der Waals surface area contributed by atoms with Crippen LogP contribution in [0, 0.1) is 18.3 Å². The molecule has 2 fully saturated rings. The molecule has 0 bridgehead atoms. The number of likely N-dealkylation sites (tertiary alicyclic amines) is 1. The zero-order valence-electron chi connectivity index (χ0n) is 16.5. The van der Waals surface area contributed by atoms with Gasteiger partial charge in [-0.25, -0.2) is 17.7 Å². The van der Waals surface area contributed by atoms with Crippen molar-refractivity contribution < 1.29 is 22.7 Å². The van der Waals surface area contributed by atoms with Gasteiger partial charge in [0, 0.05) is 37.2 Å². The van der Waals surface area contributed by atoms with Crippen molar-refractivity contribution in [3.05, 3.63) is 41.9 Å². The van der Waals surface area contributed by atoms with Crippen LogP contribution in [0.15, 0.2) is 35.1 Å². The number of aliphatic hydroxyl groups excluding tert-OH is 1. The van der Waals surface area contributed by atoms with E-state index in [2.05, 4.69) is 4.98 Å². The molecule has 4 rings (SSSR count). The summed E-state index contributed by atoms with van der Waals surface area (Å²) in [6.07, 6.45) is 3.00. The van der Waals surface area contributed by atoms with Gasteiger partial charge < -0.3 is 14.4 Å². The average molecular weight is 420 g/mol. The predicted octanol–water partition coefficient (Wildman–Crippen LogP) is 1.37. The van der Waals surface area contributed by atoms with Crippen molar-refractivity contribution in [3.63, 3.8) is 0 Å². The number of carbonyl (C=O) groups is 1. The van der Waals surface area contributed by atoms with Crippen molar-refractivity contribution >= 4 is 15.9 Å². The monoisotopic (exact) mass is 419 g/mol. The van der Waals surface area contributed by atoms with Gasteiger partial charge in [0.2, 0.25) is 10.0 Å². The molecule has 1 aromatic carbocycles. The van der Waals surface area contributed by atoms with Crippen molar-refractivity contribution in [2.75, 3.05) is 39.0 Å². The summed E-state index contributed by atoms with van der Waals surface area (Å²) in [4.78, 5) is 19.1. The Bertz CT molecular complexity index is 1030. The second-order valence-corrected chi connectivity index (χ2v) is 10.2. The second-order valence-electron chi connectivity index (χ2n) is 8.17. The number of aliphatic hydroxyl groups is 1. The summed E-state index contributed by atoms with van der Waals surface area (Å²) in [6.45, 7) is 3.30. The number of piperidine rings is 1. The zero-order chi connectivity index (χ0) is 20.8. The summed E-state index contributed by atoms with van der Waals surface area (Å²) >= 11 is 0. The number of oxazole rings is 1. The molecule has 2 saturated heterocycles. The largest absolute Gasteiger partial charge is 0.443 e. The first-order valence-electron chi connectivity index (χ1n) is 9.59. The lowest BCUT2D eigenvalue weighted by molar-refractivity contribution is 0.0183. The summed E-state index contributed by atoms with van der Waals surface area (Å²) in [7, 11) is -3.35. The van der Waals surface area contributed by atoms with Gasteiger partial charge in [0.05, 0.1) is 12.9 Å². The Morgan fingerprint density at radius 3 is 2.86 bits per heavy atom. The van der Waals surface area contributed by atoms with E-state index in [1.54, 1.807) is 4.90 Å². The highest BCUT2D eigenvalue weighted by Gasteiger charge is 2.52. The summed E-state index contributed by atoms with van der Waals surface area (Å²) in [6, 6.07) is 7.67. The Balaban J connectivity index is 1.57. The van der Waals surface area contributed by atoms with Crippen LogP contribution in [0.3, 0.4) is 0 Å². The van der Waals surface area contributed by atoms with E-state index in [1.807, 2.05) is 31.2 Å². The molecule has 3 heterocycles. The molecule has 2 aromatic rings. The fourth-order valence-corrected chi connectivity index (χ4v) is 5.41. The van der Waals surface area contributed by atoms with Gasteiger partial charge in [-0.15, -0.1) is 0 Å². The molecule has 0 radical (unpaired) electrons. The first-order chi connectivity index (χ1) is 13.7. The Hall–Kier alpha value is -2.23. The van der Waals surface area contributed by atoms with Crippen LogP contribution in [0.4, 0.5) is 0 Å². The van der Waals surface area contributed by atoms with Crippen LogP contribution in [-0.4, -0.2) is 72.7 Å². The molecule has 1 amide bonds. The Labute approximate surface area is 170 Å². The highest BCUT2D eigenvalue weighted by Crippen LogP contribution is 2.43. The standard InChI is InChI=1S/C20H25N3O5S/c1-14-4-3-5-15(8-14)18-17(21-13-28-18)19(25)22-7-6-20(12-24)11-23(29(2,26)27)10-16(20)9-22/h3-5,8,13,16,24H,6-7,9-12H2,1-2H3/t16-,20+/m1/s1. The molecule has 2 aliphatic rings. The van der Waals surface area contributed by atoms with Gasteiger partial charge in [-0.2, -0.15) is 0 Å². The number of carbonyl (C=O) groups excluding carboxylic acids is 1. The molecule has 0 saturated carbocycles. The van der Waals surface area contributed by atoms with Crippen LogP contribution in [0.5, 0.6) is 0 Å². The molecule has 9 heteroatoms. The average Bonchev–Trinajstić information content (AvgIpc) is 3.32. The summed E-state index contributed by atoms with van der Waals surface area (Å²) < 4.78 is 30.9. The molecule has 2 atom stereocenters. The Kier molecular flexibility index (Phi) is 5.00. The minimum Gasteiger partial charge on any atom is -0.443 e. The van der Waals surface area contributed by atoms with Gasteiger partial charge >= 0.3 is 0 Å². The number of sulfonamides is 1. The minimum absolute atomic E-state index is 0.0930. The van der Waals surface area contributed by atoms with Gasteiger partial charge in [0.25, 0.3) is 5.91 Å². The smallest absolute Gasteiger partial charge is 0.276 e. The highest BCUT2D eigenvalue weighted by molar-refractivity contribution is 7.88. The predicted molar refractivity (Wildman–Crippen MR) is 107 cm³/mol. The Morgan fingerprint density at radius 2 is 2.17 bits per heavy atom. The number of aryl methyl sites for hydroxylation is 1. The number of nitrogens with zero attached hydrogens (tertiary/aromatic N) is 3.